The maximum Gasteiger partial charge on any atom is 0.220 e. The van der Waals surface area contributed by atoms with Gasteiger partial charge in [0.1, 0.15) is 0 Å². The van der Waals surface area contributed by atoms with Crippen molar-refractivity contribution in [3.63, 3.8) is 0 Å². The molecule has 1 amide bonds. The van der Waals surface area contributed by atoms with Gasteiger partial charge in [0.2, 0.25) is 5.91 Å². The molecule has 4 rings (SSSR count). The third kappa shape index (κ3) is 30.0. The molecule has 0 bridgehead atoms. The molecule has 0 radical (unpaired) electrons. The molecule has 0 aromatic heterocycles. The maximum absolute atomic E-state index is 12.8. The molecule has 12 atom stereocenters. The zero-order valence-electron chi connectivity index (χ0n) is 54.1. The molecule has 17 heteroatoms. The first kappa shape index (κ1) is 76.1. The predicted octanol–water partition coefficient (Wildman–Crippen LogP) is 11.5. The van der Waals surface area contributed by atoms with Crippen molar-refractivity contribution < 1.29 is 59.7 Å². The van der Waals surface area contributed by atoms with Crippen LogP contribution in [-0.4, -0.2) is 172 Å². The SMILES string of the molecule is CC(C[N+](C)(C)CCCNC(=O)CC[C@@H](C)[C@H]1CC[C@H]2[C@@H]3[C@H](O)C[C@@H]4C[C@H](O)CC[C@]4(C)[C@H]3C[C@H](O)[C@]12C)CS(=O)(=O)[O-].CCCCCCCCCCCC[N+](C)(C)CCCS(=O)(=O)[O-].CCCCCCCCCCCC[N+](C)(C)[O-]. The number of hydrogen-bond acceptors (Lipinski definition) is 11. The summed E-state index contributed by atoms with van der Waals surface area (Å²) in [6.45, 7) is 17.7. The van der Waals surface area contributed by atoms with E-state index in [0.29, 0.717) is 42.2 Å². The van der Waals surface area contributed by atoms with Crippen LogP contribution in [0.3, 0.4) is 0 Å². The van der Waals surface area contributed by atoms with E-state index in [0.717, 1.165) is 94.9 Å². The van der Waals surface area contributed by atoms with Crippen molar-refractivity contribution in [3.8, 4) is 0 Å². The second-order valence-electron chi connectivity index (χ2n) is 29.1. The largest absolute Gasteiger partial charge is 0.748 e. The van der Waals surface area contributed by atoms with Crippen molar-refractivity contribution >= 4 is 26.1 Å². The van der Waals surface area contributed by atoms with E-state index in [2.05, 4.69) is 54.0 Å². The summed E-state index contributed by atoms with van der Waals surface area (Å²) >= 11 is 0. The number of aliphatic hydroxyl groups excluding tert-OH is 3. The number of fused-ring (bicyclic) bond motifs is 5. The Morgan fingerprint density at radius 3 is 1.62 bits per heavy atom. The molecule has 4 saturated carbocycles. The number of amides is 1. The summed E-state index contributed by atoms with van der Waals surface area (Å²) in [5.41, 5.74) is -0.196. The van der Waals surface area contributed by atoms with Crippen LogP contribution in [0.1, 0.15) is 241 Å². The molecule has 0 aliphatic heterocycles. The van der Waals surface area contributed by atoms with E-state index in [1.807, 2.05) is 14.1 Å². The van der Waals surface area contributed by atoms with Gasteiger partial charge >= 0.3 is 0 Å². The van der Waals surface area contributed by atoms with Crippen molar-refractivity contribution in [2.45, 2.75) is 259 Å². The Bertz CT molecular complexity index is 1940. The Labute approximate surface area is 498 Å². The number of carbonyl (C=O) groups excluding carboxylic acids is 1. The van der Waals surface area contributed by atoms with Gasteiger partial charge in [-0.05, 0) is 123 Å². The van der Waals surface area contributed by atoms with Gasteiger partial charge in [-0.25, -0.2) is 16.8 Å². The van der Waals surface area contributed by atoms with Gasteiger partial charge in [0.05, 0.1) is 114 Å². The summed E-state index contributed by atoms with van der Waals surface area (Å²) < 4.78 is 66.2. The molecule has 0 spiro atoms. The van der Waals surface area contributed by atoms with Gasteiger partial charge in [-0.15, -0.1) is 0 Å². The number of carbonyl (C=O) groups is 1. The van der Waals surface area contributed by atoms with Crippen molar-refractivity contribution in [3.05, 3.63) is 5.21 Å². The summed E-state index contributed by atoms with van der Waals surface area (Å²) in [5, 5.41) is 47.9. The van der Waals surface area contributed by atoms with Gasteiger partial charge in [0, 0.05) is 43.2 Å². The van der Waals surface area contributed by atoms with Crippen LogP contribution in [0.5, 0.6) is 0 Å². The number of quaternary nitrogens is 3. The van der Waals surface area contributed by atoms with Crippen LogP contribution in [0.25, 0.3) is 0 Å². The number of aliphatic hydroxyl groups is 3. The molecule has 0 heterocycles. The minimum Gasteiger partial charge on any atom is -0.748 e. The molecular weight excluding hydrogens is 1060 g/mol. The monoisotopic (exact) mass is 1190 g/mol. The fourth-order valence-corrected chi connectivity index (χ4v) is 16.9. The van der Waals surface area contributed by atoms with Crippen LogP contribution in [-0.2, 0) is 25.0 Å². The first-order chi connectivity index (χ1) is 37.7. The van der Waals surface area contributed by atoms with E-state index in [-0.39, 0.29) is 74.7 Å². The van der Waals surface area contributed by atoms with Crippen LogP contribution in [0.4, 0.5) is 0 Å². The Balaban J connectivity index is 0.000000491. The lowest BCUT2D eigenvalue weighted by Gasteiger charge is -2.63. The van der Waals surface area contributed by atoms with E-state index in [1.54, 1.807) is 21.0 Å². The smallest absolute Gasteiger partial charge is 0.220 e. The first-order valence-corrected chi connectivity index (χ1v) is 36.2. The summed E-state index contributed by atoms with van der Waals surface area (Å²) in [6, 6.07) is 0. The van der Waals surface area contributed by atoms with Gasteiger partial charge in [-0.2, -0.15) is 0 Å². The summed E-state index contributed by atoms with van der Waals surface area (Å²) in [4.78, 5) is 12.8. The lowest BCUT2D eigenvalue weighted by atomic mass is 9.43. The van der Waals surface area contributed by atoms with Gasteiger partial charge in [0.15, 0.2) is 0 Å². The molecule has 4 aliphatic carbocycles. The number of hydrogen-bond donors (Lipinski definition) is 4. The molecule has 1 unspecified atom stereocenters. The fraction of sp³-hybridized carbons (Fsp3) is 0.984. The van der Waals surface area contributed by atoms with Crippen LogP contribution < -0.4 is 5.32 Å². The Hall–Kier alpha value is -0.990. The average Bonchev–Trinajstić information content (AvgIpc) is 3.09. The lowest BCUT2D eigenvalue weighted by Crippen LogP contribution is -2.62. The van der Waals surface area contributed by atoms with Crippen LogP contribution in [0.15, 0.2) is 0 Å². The molecule has 482 valence electrons. The lowest BCUT2D eigenvalue weighted by molar-refractivity contribution is -0.893. The Kier molecular flexibility index (Phi) is 34.8. The van der Waals surface area contributed by atoms with E-state index in [4.69, 9.17) is 0 Å². The van der Waals surface area contributed by atoms with Gasteiger partial charge in [0.25, 0.3) is 0 Å². The molecular formula is C64H128N4O11S2. The second-order valence-corrected chi connectivity index (χ2v) is 32.0. The van der Waals surface area contributed by atoms with Crippen molar-refractivity contribution in [2.24, 2.45) is 52.3 Å². The average molecular weight is 1190 g/mol. The third-order valence-corrected chi connectivity index (χ3v) is 22.0. The molecule has 4 N–H and O–H groups in total. The van der Waals surface area contributed by atoms with Gasteiger partial charge in [-0.1, -0.05) is 144 Å². The van der Waals surface area contributed by atoms with E-state index in [1.165, 1.54) is 122 Å². The number of unbranched alkanes of at least 4 members (excludes halogenated alkanes) is 18. The summed E-state index contributed by atoms with van der Waals surface area (Å²) in [6.07, 6.45) is 34.1. The number of nitrogens with one attached hydrogen (secondary N) is 1. The minimum atomic E-state index is -4.23. The molecule has 15 nitrogen and oxygen atoms in total. The zero-order valence-corrected chi connectivity index (χ0v) is 55.7. The van der Waals surface area contributed by atoms with Crippen LogP contribution in [0, 0.1) is 57.5 Å². The van der Waals surface area contributed by atoms with Gasteiger partial charge < -0.3 is 48.6 Å². The molecule has 0 saturated heterocycles. The minimum absolute atomic E-state index is 0.0353. The maximum atomic E-state index is 12.8. The second kappa shape index (κ2) is 37.0. The molecule has 0 aromatic carbocycles. The highest BCUT2D eigenvalue weighted by molar-refractivity contribution is 7.85. The highest BCUT2D eigenvalue weighted by atomic mass is 32.2. The van der Waals surface area contributed by atoms with Crippen LogP contribution in [0.2, 0.25) is 0 Å². The normalized spacial score (nSPS) is 27.6. The summed E-state index contributed by atoms with van der Waals surface area (Å²) in [7, 11) is 3.44. The molecule has 4 fully saturated rings. The highest BCUT2D eigenvalue weighted by Gasteiger charge is 2.65. The highest BCUT2D eigenvalue weighted by Crippen LogP contribution is 2.68. The standard InChI is InChI=1S/C33H60N2O7S.C17H37NO3S.C14H31NO/c1-21(20-43(40,41)42)19-35(5,6)15-7-14-34-30(39)11-8-22(2)25-9-10-26-31-27(18-29(38)33(25,26)4)32(3)13-12-24(36)16-23(32)17-28(31)37;1-4-5-6-7-8-9-10-11-12-13-15-18(2,3)16-14-17-22(19,20)21;1-4-5-6-7-8-9-10-11-12-13-14-15(2,3)16/h21-29,31,36-38H,7-20H2,1-6H3,(H-,34,39,40,41,42);4-17H2,1-3H3;4-14H2,1-3H3/t21?,22-,23+,24-,25-,26+,27+,28-,29+,31+,32+,33-;;/m1../s1. The van der Waals surface area contributed by atoms with E-state index in [9.17, 15) is 51.3 Å². The van der Waals surface area contributed by atoms with Crippen LogP contribution >= 0.6 is 0 Å². The van der Waals surface area contributed by atoms with E-state index < -0.39 is 26.3 Å². The third-order valence-electron chi connectivity index (χ3n) is 20.2. The number of rotatable bonds is 38. The predicted molar refractivity (Wildman–Crippen MR) is 331 cm³/mol. The Morgan fingerprint density at radius 2 is 1.11 bits per heavy atom. The first-order valence-electron chi connectivity index (χ1n) is 33.1. The zero-order chi connectivity index (χ0) is 61.1. The Morgan fingerprint density at radius 1 is 0.617 bits per heavy atom. The van der Waals surface area contributed by atoms with E-state index >= 15 is 0 Å². The van der Waals surface area contributed by atoms with Gasteiger partial charge in [-0.3, -0.25) is 4.79 Å². The number of hydroxylamine groups is 3. The molecule has 81 heavy (non-hydrogen) atoms. The molecule has 0 aromatic rings. The molecule has 4 aliphatic rings. The van der Waals surface area contributed by atoms with Crippen molar-refractivity contribution in [1.29, 1.82) is 0 Å². The van der Waals surface area contributed by atoms with Crippen molar-refractivity contribution in [2.75, 3.05) is 93.1 Å². The van der Waals surface area contributed by atoms with Crippen molar-refractivity contribution in [1.82, 2.24) is 5.32 Å². The topological polar surface area (TPSA) is 227 Å². The number of nitrogens with zero attached hydrogens (tertiary/aromatic N) is 3. The fourth-order valence-electron chi connectivity index (χ4n) is 15.6. The summed E-state index contributed by atoms with van der Waals surface area (Å²) in [5.74, 6) is 0.903. The quantitative estimate of drug-likeness (QED) is 0.0197.